The summed E-state index contributed by atoms with van der Waals surface area (Å²) in [7, 11) is -1.64. The Morgan fingerprint density at radius 2 is 1.75 bits per heavy atom. The van der Waals surface area contributed by atoms with Crippen LogP contribution in [0.3, 0.4) is 0 Å². The number of nitrogens with one attached hydrogen (secondary N) is 1. The van der Waals surface area contributed by atoms with Gasteiger partial charge in [0, 0.05) is 37.7 Å². The summed E-state index contributed by atoms with van der Waals surface area (Å²) in [4.78, 5) is 2.30. The topological polar surface area (TPSA) is 52.6 Å². The number of halogens is 1. The van der Waals surface area contributed by atoms with Crippen molar-refractivity contribution in [1.29, 1.82) is 0 Å². The summed E-state index contributed by atoms with van der Waals surface area (Å²) in [6.07, 6.45) is 0. The van der Waals surface area contributed by atoms with Gasteiger partial charge in [-0.15, -0.1) is 0 Å². The Morgan fingerprint density at radius 1 is 1.20 bits per heavy atom. The minimum atomic E-state index is -3.41. The van der Waals surface area contributed by atoms with E-state index in [2.05, 4.69) is 21.2 Å². The summed E-state index contributed by atoms with van der Waals surface area (Å²) >= 11 is 8.46. The van der Waals surface area contributed by atoms with Crippen molar-refractivity contribution < 1.29 is 8.42 Å². The van der Waals surface area contributed by atoms with Crippen molar-refractivity contribution in [3.05, 3.63) is 28.7 Å². The lowest BCUT2D eigenvalue weighted by molar-refractivity contribution is 0.265. The molecule has 20 heavy (non-hydrogen) atoms. The fourth-order valence-electron chi connectivity index (χ4n) is 2.05. The van der Waals surface area contributed by atoms with Crippen LogP contribution in [0.25, 0.3) is 0 Å². The maximum atomic E-state index is 12.5. The van der Waals surface area contributed by atoms with E-state index in [4.69, 9.17) is 12.2 Å². The van der Waals surface area contributed by atoms with Crippen LogP contribution in [0.5, 0.6) is 0 Å². The van der Waals surface area contributed by atoms with E-state index in [0.717, 1.165) is 4.47 Å². The lowest BCUT2D eigenvalue weighted by Crippen LogP contribution is -2.52. The third-order valence-electron chi connectivity index (χ3n) is 3.19. The van der Waals surface area contributed by atoms with Gasteiger partial charge in [0.15, 0.2) is 5.11 Å². The predicted molar refractivity (Wildman–Crippen MR) is 86.1 cm³/mol. The molecule has 0 amide bonds. The predicted octanol–water partition coefficient (Wildman–Crippen LogP) is 1.26. The molecule has 0 atom stereocenters. The first kappa shape index (κ1) is 15.7. The maximum absolute atomic E-state index is 12.5. The highest BCUT2D eigenvalue weighted by Gasteiger charge is 2.28. The quantitative estimate of drug-likeness (QED) is 0.786. The van der Waals surface area contributed by atoms with Crippen molar-refractivity contribution in [2.24, 2.45) is 0 Å². The minimum Gasteiger partial charge on any atom is -0.366 e. The monoisotopic (exact) mass is 377 g/mol. The first-order chi connectivity index (χ1) is 9.45. The molecule has 0 aliphatic carbocycles. The van der Waals surface area contributed by atoms with E-state index in [0.29, 0.717) is 36.2 Å². The van der Waals surface area contributed by atoms with Crippen LogP contribution in [0.15, 0.2) is 33.6 Å². The van der Waals surface area contributed by atoms with Gasteiger partial charge in [-0.1, -0.05) is 15.9 Å². The van der Waals surface area contributed by atoms with Gasteiger partial charge in [-0.3, -0.25) is 0 Å². The number of rotatable bonds is 2. The van der Waals surface area contributed by atoms with E-state index in [-0.39, 0.29) is 0 Å². The zero-order valence-corrected chi connectivity index (χ0v) is 14.3. The third-order valence-corrected chi connectivity index (χ3v) is 6.09. The Bertz CT molecular complexity index is 581. The van der Waals surface area contributed by atoms with E-state index >= 15 is 0 Å². The van der Waals surface area contributed by atoms with Crippen LogP contribution in [0.1, 0.15) is 0 Å². The van der Waals surface area contributed by atoms with Gasteiger partial charge in [0.25, 0.3) is 0 Å². The molecule has 5 nitrogen and oxygen atoms in total. The van der Waals surface area contributed by atoms with Gasteiger partial charge in [-0.05, 0) is 36.5 Å². The molecule has 2 rings (SSSR count). The van der Waals surface area contributed by atoms with Crippen LogP contribution >= 0.6 is 28.1 Å². The molecule has 8 heteroatoms. The summed E-state index contributed by atoms with van der Waals surface area (Å²) in [5.41, 5.74) is 0. The maximum Gasteiger partial charge on any atom is 0.243 e. The summed E-state index contributed by atoms with van der Waals surface area (Å²) in [5, 5.41) is 3.57. The molecule has 110 valence electrons. The number of nitrogens with zero attached hydrogens (tertiary/aromatic N) is 2. The highest BCUT2D eigenvalue weighted by Crippen LogP contribution is 2.20. The minimum absolute atomic E-state index is 0.324. The second kappa shape index (κ2) is 6.38. The molecule has 0 spiro atoms. The molecule has 1 saturated heterocycles. The smallest absolute Gasteiger partial charge is 0.243 e. The van der Waals surface area contributed by atoms with E-state index in [9.17, 15) is 8.42 Å². The molecule has 0 aromatic heterocycles. The van der Waals surface area contributed by atoms with Gasteiger partial charge in [0.1, 0.15) is 0 Å². The van der Waals surface area contributed by atoms with E-state index in [1.807, 2.05) is 4.90 Å². The van der Waals surface area contributed by atoms with Crippen molar-refractivity contribution in [3.63, 3.8) is 0 Å². The van der Waals surface area contributed by atoms with Crippen LogP contribution < -0.4 is 5.32 Å². The zero-order valence-electron chi connectivity index (χ0n) is 11.0. The van der Waals surface area contributed by atoms with Gasteiger partial charge in [-0.25, -0.2) is 8.42 Å². The molecule has 1 aromatic carbocycles. The Balaban J connectivity index is 2.09. The summed E-state index contributed by atoms with van der Waals surface area (Å²) < 4.78 is 27.3. The fourth-order valence-corrected chi connectivity index (χ4v) is 3.91. The van der Waals surface area contributed by atoms with E-state index < -0.39 is 10.0 Å². The standard InChI is InChI=1S/C12H16BrN3O2S2/c1-14-12(19)15-6-8-16(9-7-15)20(17,18)11-4-2-10(13)3-5-11/h2-5H,6-9H2,1H3,(H,14,19). The molecule has 1 aliphatic rings. The van der Waals surface area contributed by atoms with Crippen LogP contribution in [-0.4, -0.2) is 56.0 Å². The average molecular weight is 378 g/mol. The van der Waals surface area contributed by atoms with Crippen LogP contribution in [0.2, 0.25) is 0 Å². The van der Waals surface area contributed by atoms with Crippen molar-refractivity contribution >= 4 is 43.3 Å². The van der Waals surface area contributed by atoms with Gasteiger partial charge in [0.05, 0.1) is 4.90 Å². The van der Waals surface area contributed by atoms with Crippen LogP contribution in [0, 0.1) is 0 Å². The largest absolute Gasteiger partial charge is 0.366 e. The number of piperazine rings is 1. The molecule has 1 fully saturated rings. The summed E-state index contributed by atoms with van der Waals surface area (Å²) in [6, 6.07) is 6.70. The molecule has 0 unspecified atom stereocenters. The number of thiocarbonyl (C=S) groups is 1. The highest BCUT2D eigenvalue weighted by molar-refractivity contribution is 9.10. The Labute approximate surface area is 133 Å². The Hall–Kier alpha value is -0.700. The first-order valence-corrected chi connectivity index (χ1v) is 8.81. The Morgan fingerprint density at radius 3 is 2.25 bits per heavy atom. The second-order valence-corrected chi connectivity index (χ2v) is 7.64. The number of benzene rings is 1. The molecule has 0 saturated carbocycles. The lowest BCUT2D eigenvalue weighted by Gasteiger charge is -2.35. The van der Waals surface area contributed by atoms with Crippen LogP contribution in [0.4, 0.5) is 0 Å². The number of sulfonamides is 1. The van der Waals surface area contributed by atoms with Crippen molar-refractivity contribution in [3.8, 4) is 0 Å². The van der Waals surface area contributed by atoms with Crippen molar-refractivity contribution in [1.82, 2.24) is 14.5 Å². The van der Waals surface area contributed by atoms with Gasteiger partial charge in [-0.2, -0.15) is 4.31 Å². The molecule has 0 radical (unpaired) electrons. The fraction of sp³-hybridized carbons (Fsp3) is 0.417. The van der Waals surface area contributed by atoms with E-state index in [1.54, 1.807) is 31.3 Å². The van der Waals surface area contributed by atoms with Crippen molar-refractivity contribution in [2.45, 2.75) is 4.90 Å². The summed E-state index contributed by atoms with van der Waals surface area (Å²) in [6.45, 7) is 2.10. The third kappa shape index (κ3) is 3.30. The van der Waals surface area contributed by atoms with Crippen molar-refractivity contribution in [2.75, 3.05) is 33.2 Å². The second-order valence-electron chi connectivity index (χ2n) is 4.40. The molecule has 1 N–H and O–H groups in total. The van der Waals surface area contributed by atoms with Gasteiger partial charge < -0.3 is 10.2 Å². The molecule has 1 aliphatic heterocycles. The number of hydrogen-bond acceptors (Lipinski definition) is 3. The first-order valence-electron chi connectivity index (χ1n) is 6.17. The van der Waals surface area contributed by atoms with Crippen LogP contribution in [-0.2, 0) is 10.0 Å². The highest BCUT2D eigenvalue weighted by atomic mass is 79.9. The lowest BCUT2D eigenvalue weighted by atomic mass is 10.4. The Kier molecular flexibility index (Phi) is 5.00. The zero-order chi connectivity index (χ0) is 14.8. The summed E-state index contributed by atoms with van der Waals surface area (Å²) in [5.74, 6) is 0. The van der Waals surface area contributed by atoms with Gasteiger partial charge >= 0.3 is 0 Å². The van der Waals surface area contributed by atoms with E-state index in [1.165, 1.54) is 4.31 Å². The molecule has 1 aromatic rings. The molecule has 1 heterocycles. The molecule has 0 bridgehead atoms. The number of hydrogen-bond donors (Lipinski definition) is 1. The molecular weight excluding hydrogens is 362 g/mol. The van der Waals surface area contributed by atoms with Gasteiger partial charge in [0.2, 0.25) is 10.0 Å². The average Bonchev–Trinajstić information content (AvgIpc) is 2.47. The normalized spacial score (nSPS) is 17.0. The SMILES string of the molecule is CNC(=S)N1CCN(S(=O)(=O)c2ccc(Br)cc2)CC1. The molecular formula is C12H16BrN3O2S2.